The van der Waals surface area contributed by atoms with Gasteiger partial charge in [0.1, 0.15) is 5.69 Å². The van der Waals surface area contributed by atoms with Crippen LogP contribution in [0.25, 0.3) is 0 Å². The molecular weight excluding hydrogens is 278 g/mol. The molecule has 0 radical (unpaired) electrons. The van der Waals surface area contributed by atoms with Gasteiger partial charge in [-0.3, -0.25) is 19.4 Å². The molecule has 8 heteroatoms. The van der Waals surface area contributed by atoms with E-state index in [2.05, 4.69) is 10.3 Å². The molecule has 2 unspecified atom stereocenters. The number of carboxylic acid groups (broad SMARTS) is 1. The molecule has 1 fully saturated rings. The summed E-state index contributed by atoms with van der Waals surface area (Å²) in [4.78, 5) is 50.1. The zero-order chi connectivity index (χ0) is 15.6. The maximum Gasteiger partial charge on any atom is 0.326 e. The van der Waals surface area contributed by atoms with Crippen molar-refractivity contribution in [3.8, 4) is 0 Å². The molecule has 0 saturated heterocycles. The average Bonchev–Trinajstić information content (AvgIpc) is 2.40. The molecule has 2 rings (SSSR count). The van der Waals surface area contributed by atoms with Crippen molar-refractivity contribution in [1.29, 1.82) is 0 Å². The monoisotopic (exact) mass is 295 g/mol. The molecule has 1 heterocycles. The topological polar surface area (TPSA) is 132 Å². The summed E-state index contributed by atoms with van der Waals surface area (Å²) in [6.45, 7) is 1.60. The highest BCUT2D eigenvalue weighted by Gasteiger charge is 2.43. The minimum Gasteiger partial charge on any atom is -0.481 e. The van der Waals surface area contributed by atoms with Crippen LogP contribution in [0, 0.1) is 5.41 Å². The summed E-state index contributed by atoms with van der Waals surface area (Å²) in [5.41, 5.74) is -2.69. The largest absolute Gasteiger partial charge is 0.481 e. The SMILES string of the molecule is CC1(C(=O)O)CCCCC1NC(=O)c1cc(=O)[nH]c(=O)[nH]1. The Balaban J connectivity index is 2.23. The van der Waals surface area contributed by atoms with Crippen LogP contribution in [0.4, 0.5) is 0 Å². The minimum atomic E-state index is -1.05. The van der Waals surface area contributed by atoms with Gasteiger partial charge in [-0.15, -0.1) is 0 Å². The fourth-order valence-electron chi connectivity index (χ4n) is 2.65. The third kappa shape index (κ3) is 3.04. The van der Waals surface area contributed by atoms with E-state index in [1.54, 1.807) is 6.92 Å². The van der Waals surface area contributed by atoms with Gasteiger partial charge in [0.25, 0.3) is 11.5 Å². The number of rotatable bonds is 3. The number of hydrogen-bond donors (Lipinski definition) is 4. The van der Waals surface area contributed by atoms with Crippen molar-refractivity contribution in [3.63, 3.8) is 0 Å². The van der Waals surface area contributed by atoms with E-state index in [0.29, 0.717) is 12.8 Å². The van der Waals surface area contributed by atoms with Gasteiger partial charge in [0, 0.05) is 12.1 Å². The highest BCUT2D eigenvalue weighted by atomic mass is 16.4. The highest BCUT2D eigenvalue weighted by molar-refractivity contribution is 5.92. The van der Waals surface area contributed by atoms with Crippen molar-refractivity contribution < 1.29 is 14.7 Å². The van der Waals surface area contributed by atoms with Gasteiger partial charge in [0.2, 0.25) is 0 Å². The number of aromatic nitrogens is 2. The third-order valence-electron chi connectivity index (χ3n) is 4.01. The summed E-state index contributed by atoms with van der Waals surface area (Å²) in [7, 11) is 0. The summed E-state index contributed by atoms with van der Waals surface area (Å²) >= 11 is 0. The molecule has 1 saturated carbocycles. The molecule has 1 aliphatic carbocycles. The van der Waals surface area contributed by atoms with Crippen LogP contribution >= 0.6 is 0 Å². The molecule has 2 atom stereocenters. The van der Waals surface area contributed by atoms with E-state index in [0.717, 1.165) is 18.9 Å². The number of carboxylic acids is 1. The van der Waals surface area contributed by atoms with E-state index in [-0.39, 0.29) is 5.69 Å². The molecule has 1 aromatic rings. The lowest BCUT2D eigenvalue weighted by Gasteiger charge is -2.38. The van der Waals surface area contributed by atoms with Gasteiger partial charge >= 0.3 is 11.7 Å². The van der Waals surface area contributed by atoms with Crippen molar-refractivity contribution in [3.05, 3.63) is 32.6 Å². The van der Waals surface area contributed by atoms with E-state index in [1.165, 1.54) is 0 Å². The van der Waals surface area contributed by atoms with Crippen LogP contribution in [0.1, 0.15) is 43.1 Å². The molecule has 4 N–H and O–H groups in total. The minimum absolute atomic E-state index is 0.179. The number of carbonyl (C=O) groups is 2. The Bertz CT molecular complexity index is 649. The summed E-state index contributed by atoms with van der Waals surface area (Å²) in [6.07, 6.45) is 2.62. The van der Waals surface area contributed by atoms with Crippen molar-refractivity contribution in [2.45, 2.75) is 38.6 Å². The van der Waals surface area contributed by atoms with E-state index in [4.69, 9.17) is 0 Å². The zero-order valence-corrected chi connectivity index (χ0v) is 11.6. The van der Waals surface area contributed by atoms with Gasteiger partial charge < -0.3 is 15.4 Å². The first-order chi connectivity index (χ1) is 9.83. The zero-order valence-electron chi connectivity index (χ0n) is 11.6. The number of aromatic amines is 2. The van der Waals surface area contributed by atoms with Crippen molar-refractivity contribution in [2.75, 3.05) is 0 Å². The number of nitrogens with one attached hydrogen (secondary N) is 3. The molecule has 8 nitrogen and oxygen atoms in total. The number of amides is 1. The molecule has 1 aromatic heterocycles. The predicted molar refractivity (Wildman–Crippen MR) is 73.1 cm³/mol. The van der Waals surface area contributed by atoms with E-state index in [1.807, 2.05) is 4.98 Å². The normalized spacial score (nSPS) is 25.3. The Morgan fingerprint density at radius 3 is 2.67 bits per heavy atom. The number of carbonyl (C=O) groups excluding carboxylic acids is 1. The summed E-state index contributed by atoms with van der Waals surface area (Å²) in [5, 5.41) is 12.0. The van der Waals surface area contributed by atoms with Gasteiger partial charge in [0.15, 0.2) is 0 Å². The van der Waals surface area contributed by atoms with Crippen LogP contribution in [0.15, 0.2) is 15.7 Å². The first kappa shape index (κ1) is 15.0. The number of hydrogen-bond acceptors (Lipinski definition) is 4. The Hall–Kier alpha value is -2.38. The van der Waals surface area contributed by atoms with Crippen molar-refractivity contribution in [2.24, 2.45) is 5.41 Å². The van der Waals surface area contributed by atoms with Crippen LogP contribution in [-0.2, 0) is 4.79 Å². The van der Waals surface area contributed by atoms with Crippen LogP contribution in [0.5, 0.6) is 0 Å². The van der Waals surface area contributed by atoms with Gasteiger partial charge in [0.05, 0.1) is 5.41 Å². The number of aliphatic carboxylic acids is 1. The predicted octanol–water partition coefficient (Wildman–Crippen LogP) is -0.174. The van der Waals surface area contributed by atoms with E-state index >= 15 is 0 Å². The van der Waals surface area contributed by atoms with Crippen molar-refractivity contribution >= 4 is 11.9 Å². The number of H-pyrrole nitrogens is 2. The Morgan fingerprint density at radius 2 is 2.05 bits per heavy atom. The van der Waals surface area contributed by atoms with Gasteiger partial charge in [-0.1, -0.05) is 12.8 Å². The molecule has 1 amide bonds. The summed E-state index contributed by atoms with van der Waals surface area (Å²) in [6, 6.07) is 0.427. The Morgan fingerprint density at radius 1 is 1.33 bits per heavy atom. The highest BCUT2D eigenvalue weighted by Crippen LogP contribution is 2.36. The van der Waals surface area contributed by atoms with Gasteiger partial charge in [-0.2, -0.15) is 0 Å². The molecule has 1 aliphatic rings. The fourth-order valence-corrected chi connectivity index (χ4v) is 2.65. The molecular formula is C13H17N3O5. The smallest absolute Gasteiger partial charge is 0.326 e. The lowest BCUT2D eigenvalue weighted by Crippen LogP contribution is -2.52. The molecule has 0 aromatic carbocycles. The Labute approximate surface area is 119 Å². The maximum absolute atomic E-state index is 12.1. The second-order valence-corrected chi connectivity index (χ2v) is 5.50. The first-order valence-corrected chi connectivity index (χ1v) is 6.71. The first-order valence-electron chi connectivity index (χ1n) is 6.71. The van der Waals surface area contributed by atoms with E-state index < -0.39 is 34.6 Å². The Kier molecular flexibility index (Phi) is 3.97. The second kappa shape index (κ2) is 5.55. The average molecular weight is 295 g/mol. The third-order valence-corrected chi connectivity index (χ3v) is 4.01. The second-order valence-electron chi connectivity index (χ2n) is 5.50. The molecule has 0 spiro atoms. The summed E-state index contributed by atoms with van der Waals surface area (Å²) in [5.74, 6) is -1.62. The molecule has 114 valence electrons. The fraction of sp³-hybridized carbons (Fsp3) is 0.538. The van der Waals surface area contributed by atoms with Crippen LogP contribution in [0.3, 0.4) is 0 Å². The molecule has 21 heavy (non-hydrogen) atoms. The quantitative estimate of drug-likeness (QED) is 0.614. The maximum atomic E-state index is 12.1. The van der Waals surface area contributed by atoms with Gasteiger partial charge in [-0.25, -0.2) is 4.79 Å². The van der Waals surface area contributed by atoms with E-state index in [9.17, 15) is 24.3 Å². The molecule has 0 bridgehead atoms. The summed E-state index contributed by atoms with van der Waals surface area (Å²) < 4.78 is 0. The lowest BCUT2D eigenvalue weighted by molar-refractivity contribution is -0.151. The molecule has 0 aliphatic heterocycles. The van der Waals surface area contributed by atoms with Gasteiger partial charge in [-0.05, 0) is 19.8 Å². The lowest BCUT2D eigenvalue weighted by atomic mass is 9.71. The van der Waals surface area contributed by atoms with Crippen LogP contribution < -0.4 is 16.6 Å². The standard InChI is InChI=1S/C13H17N3O5/c1-13(11(19)20)5-3-2-4-8(13)15-10(18)7-6-9(17)16-12(21)14-7/h6,8H,2-5H2,1H3,(H,15,18)(H,19,20)(H2,14,16,17,21). The van der Waals surface area contributed by atoms with Crippen LogP contribution in [0.2, 0.25) is 0 Å². The van der Waals surface area contributed by atoms with Crippen molar-refractivity contribution in [1.82, 2.24) is 15.3 Å². The van der Waals surface area contributed by atoms with Crippen LogP contribution in [-0.4, -0.2) is 33.0 Å².